The second-order valence-corrected chi connectivity index (χ2v) is 6.41. The van der Waals surface area contributed by atoms with E-state index in [9.17, 15) is 8.42 Å². The van der Waals surface area contributed by atoms with Crippen LogP contribution in [0, 0.1) is 0 Å². The van der Waals surface area contributed by atoms with Crippen molar-refractivity contribution >= 4 is 33.2 Å². The van der Waals surface area contributed by atoms with Gasteiger partial charge in [0.2, 0.25) is 11.1 Å². The zero-order valence-corrected chi connectivity index (χ0v) is 13.0. The average molecular weight is 332 g/mol. The molecule has 0 saturated heterocycles. The quantitative estimate of drug-likeness (QED) is 0.717. The van der Waals surface area contributed by atoms with Gasteiger partial charge in [0.15, 0.2) is 0 Å². The van der Waals surface area contributed by atoms with Gasteiger partial charge in [-0.3, -0.25) is 0 Å². The fraction of sp³-hybridized carbons (Fsp3) is 0. The molecule has 6 heteroatoms. The molecule has 112 valence electrons. The van der Waals surface area contributed by atoms with Crippen molar-refractivity contribution in [1.82, 2.24) is 0 Å². The Bertz CT molecular complexity index is 828. The van der Waals surface area contributed by atoms with Gasteiger partial charge in [0.1, 0.15) is 5.75 Å². The van der Waals surface area contributed by atoms with E-state index in [1.54, 1.807) is 36.4 Å². The number of benzene rings is 3. The predicted molar refractivity (Wildman–Crippen MR) is 86.7 cm³/mol. The fourth-order valence-electron chi connectivity index (χ4n) is 2.00. The lowest BCUT2D eigenvalue weighted by Crippen LogP contribution is -2.08. The molecule has 2 unspecified atom stereocenters. The molecule has 0 amide bonds. The smallest absolute Gasteiger partial charge is 0.374 e. The molecule has 3 aromatic carbocycles. The van der Waals surface area contributed by atoms with Gasteiger partial charge in [-0.15, -0.1) is 0 Å². The third-order valence-corrected chi connectivity index (χ3v) is 4.94. The molecular formula is C16H12O4S2. The van der Waals surface area contributed by atoms with Gasteiger partial charge in [-0.1, -0.05) is 54.6 Å². The first-order valence-electron chi connectivity index (χ1n) is 6.47. The van der Waals surface area contributed by atoms with E-state index in [0.717, 1.165) is 10.8 Å². The molecule has 0 aliphatic heterocycles. The van der Waals surface area contributed by atoms with Crippen LogP contribution in [-0.4, -0.2) is 8.42 Å². The Morgan fingerprint density at radius 3 is 2.23 bits per heavy atom. The normalized spacial score (nSPS) is 13.6. The average Bonchev–Trinajstić information content (AvgIpc) is 2.55. The molecule has 0 aliphatic carbocycles. The van der Waals surface area contributed by atoms with E-state index in [2.05, 4.69) is 0 Å². The highest BCUT2D eigenvalue weighted by Crippen LogP contribution is 2.23. The first-order chi connectivity index (χ1) is 10.7. The molecule has 0 saturated carbocycles. The van der Waals surface area contributed by atoms with Crippen molar-refractivity contribution in [3.63, 3.8) is 0 Å². The Kier molecular flexibility index (Phi) is 4.62. The maximum Gasteiger partial charge on any atom is 0.374 e. The third-order valence-electron chi connectivity index (χ3n) is 2.95. The Balaban J connectivity index is 1.77. The maximum atomic E-state index is 12.3. The van der Waals surface area contributed by atoms with Crippen LogP contribution in [0.3, 0.4) is 0 Å². The topological polar surface area (TPSA) is 52.6 Å². The van der Waals surface area contributed by atoms with Gasteiger partial charge in [-0.05, 0) is 23.6 Å². The van der Waals surface area contributed by atoms with Crippen molar-refractivity contribution in [1.29, 1.82) is 0 Å². The van der Waals surface area contributed by atoms with Crippen molar-refractivity contribution in [3.05, 3.63) is 72.8 Å². The fourth-order valence-corrected chi connectivity index (χ4v) is 3.63. The van der Waals surface area contributed by atoms with Gasteiger partial charge in [-0.25, -0.2) is 4.21 Å². The van der Waals surface area contributed by atoms with Crippen molar-refractivity contribution in [2.24, 2.45) is 0 Å². The van der Waals surface area contributed by atoms with E-state index in [-0.39, 0.29) is 0 Å². The molecule has 0 spiro atoms. The number of rotatable bonds is 5. The molecular weight excluding hydrogens is 320 g/mol. The molecule has 3 aromatic rings. The molecule has 0 bridgehead atoms. The molecule has 4 nitrogen and oxygen atoms in total. The first-order valence-corrected chi connectivity index (χ1v) is 8.55. The molecule has 0 aromatic heterocycles. The van der Waals surface area contributed by atoms with Crippen LogP contribution in [0.1, 0.15) is 0 Å². The minimum atomic E-state index is -2.14. The van der Waals surface area contributed by atoms with Crippen LogP contribution in [0.4, 0.5) is 0 Å². The summed E-state index contributed by atoms with van der Waals surface area (Å²) in [5.41, 5.74) is 0. The first kappa shape index (κ1) is 14.9. The molecule has 22 heavy (non-hydrogen) atoms. The molecule has 0 N–H and O–H groups in total. The minimum Gasteiger partial charge on any atom is -0.379 e. The van der Waals surface area contributed by atoms with E-state index in [1.165, 1.54) is 0 Å². The van der Waals surface area contributed by atoms with Gasteiger partial charge in [-0.2, -0.15) is 7.84 Å². The summed E-state index contributed by atoms with van der Waals surface area (Å²) in [7, 11) is 0. The summed E-state index contributed by atoms with van der Waals surface area (Å²) in [6.07, 6.45) is 0. The van der Waals surface area contributed by atoms with E-state index < -0.39 is 22.4 Å². The second kappa shape index (κ2) is 6.83. The molecule has 2 atom stereocenters. The summed E-state index contributed by atoms with van der Waals surface area (Å²) in [5.74, 6) is 0.385. The zero-order valence-electron chi connectivity index (χ0n) is 11.4. The van der Waals surface area contributed by atoms with Crippen molar-refractivity contribution in [2.45, 2.75) is 4.90 Å². The van der Waals surface area contributed by atoms with Crippen molar-refractivity contribution in [3.8, 4) is 5.75 Å². The van der Waals surface area contributed by atoms with Crippen LogP contribution in [0.25, 0.3) is 10.8 Å². The van der Waals surface area contributed by atoms with E-state index in [1.807, 2.05) is 36.4 Å². The van der Waals surface area contributed by atoms with Gasteiger partial charge < -0.3 is 4.18 Å². The minimum absolute atomic E-state index is 0.385. The Labute approximate surface area is 133 Å². The second-order valence-electron chi connectivity index (χ2n) is 4.38. The Hall–Kier alpha value is -2.02. The maximum absolute atomic E-state index is 12.3. The number of fused-ring (bicyclic) bond motifs is 1. The SMILES string of the molecule is O=S(Oc1ccccc1)OS(=O)c1cccc2ccccc12. The molecule has 0 fully saturated rings. The molecule has 0 radical (unpaired) electrons. The van der Waals surface area contributed by atoms with Gasteiger partial charge in [0.25, 0.3) is 0 Å². The monoisotopic (exact) mass is 332 g/mol. The van der Waals surface area contributed by atoms with Gasteiger partial charge in [0.05, 0.1) is 4.90 Å². The summed E-state index contributed by atoms with van der Waals surface area (Å²) in [6, 6.07) is 21.4. The third kappa shape index (κ3) is 3.41. The lowest BCUT2D eigenvalue weighted by Gasteiger charge is -2.06. The van der Waals surface area contributed by atoms with Crippen LogP contribution < -0.4 is 4.18 Å². The zero-order chi connectivity index (χ0) is 15.4. The molecule has 0 heterocycles. The number of hydrogen-bond donors (Lipinski definition) is 0. The highest BCUT2D eigenvalue weighted by atomic mass is 32.3. The highest BCUT2D eigenvalue weighted by molar-refractivity contribution is 7.91. The summed E-state index contributed by atoms with van der Waals surface area (Å²) in [6.45, 7) is 0. The molecule has 3 rings (SSSR count). The van der Waals surface area contributed by atoms with Crippen molar-refractivity contribution in [2.75, 3.05) is 0 Å². The molecule has 0 aliphatic rings. The summed E-state index contributed by atoms with van der Waals surface area (Å²) in [4.78, 5) is 0.461. The largest absolute Gasteiger partial charge is 0.379 e. The summed E-state index contributed by atoms with van der Waals surface area (Å²) in [5, 5.41) is 1.73. The summed E-state index contributed by atoms with van der Waals surface area (Å²) < 4.78 is 34.1. The number of hydrogen-bond acceptors (Lipinski definition) is 4. The van der Waals surface area contributed by atoms with Crippen molar-refractivity contribution < 1.29 is 16.2 Å². The van der Waals surface area contributed by atoms with Crippen LogP contribution in [-0.2, 0) is 26.1 Å². The standard InChI is InChI=1S/C16H12O4S2/c17-21(20-22(18)19-14-9-2-1-3-10-14)16-12-6-8-13-7-4-5-11-15(13)16/h1-12H. The lowest BCUT2D eigenvalue weighted by molar-refractivity contribution is 0.474. The van der Waals surface area contributed by atoms with Crippen LogP contribution >= 0.6 is 0 Å². The van der Waals surface area contributed by atoms with Crippen LogP contribution in [0.2, 0.25) is 0 Å². The van der Waals surface area contributed by atoms with E-state index >= 15 is 0 Å². The van der Waals surface area contributed by atoms with Crippen LogP contribution in [0.5, 0.6) is 5.75 Å². The Morgan fingerprint density at radius 1 is 0.727 bits per heavy atom. The van der Waals surface area contributed by atoms with Crippen LogP contribution in [0.15, 0.2) is 77.7 Å². The predicted octanol–water partition coefficient (Wildman–Crippen LogP) is 3.54. The summed E-state index contributed by atoms with van der Waals surface area (Å²) >= 11 is -4.03. The van der Waals surface area contributed by atoms with E-state index in [4.69, 9.17) is 7.81 Å². The lowest BCUT2D eigenvalue weighted by atomic mass is 10.1. The number of para-hydroxylation sites is 1. The van der Waals surface area contributed by atoms with Gasteiger partial charge >= 0.3 is 11.4 Å². The highest BCUT2D eigenvalue weighted by Gasteiger charge is 2.14. The van der Waals surface area contributed by atoms with Gasteiger partial charge in [0, 0.05) is 5.39 Å². The van der Waals surface area contributed by atoms with E-state index in [0.29, 0.717) is 10.6 Å². The Morgan fingerprint density at radius 2 is 1.41 bits per heavy atom.